The van der Waals surface area contributed by atoms with Crippen molar-refractivity contribution >= 4 is 17.2 Å². The van der Waals surface area contributed by atoms with Crippen molar-refractivity contribution < 1.29 is 4.74 Å². The van der Waals surface area contributed by atoms with Crippen LogP contribution in [0.25, 0.3) is 5.57 Å². The Morgan fingerprint density at radius 1 is 1.05 bits per heavy atom. The number of ether oxygens (including phenoxy) is 1. The van der Waals surface area contributed by atoms with Gasteiger partial charge >= 0.3 is 0 Å². The molecule has 0 amide bonds. The smallest absolute Gasteiger partial charge is 0.0500 e. The van der Waals surface area contributed by atoms with Crippen molar-refractivity contribution in [2.75, 3.05) is 13.2 Å². The van der Waals surface area contributed by atoms with E-state index >= 15 is 0 Å². The summed E-state index contributed by atoms with van der Waals surface area (Å²) in [4.78, 5) is 0. The second kappa shape index (κ2) is 7.88. The van der Waals surface area contributed by atoms with Crippen molar-refractivity contribution in [1.29, 1.82) is 0 Å². The molecule has 2 aromatic rings. The summed E-state index contributed by atoms with van der Waals surface area (Å²) in [6, 6.07) is 18.3. The minimum Gasteiger partial charge on any atom is -0.381 e. The van der Waals surface area contributed by atoms with Crippen molar-refractivity contribution in [3.63, 3.8) is 0 Å². The molecule has 20 heavy (non-hydrogen) atoms. The summed E-state index contributed by atoms with van der Waals surface area (Å²) in [5, 5.41) is 0.777. The molecule has 0 spiro atoms. The third-order valence-electron chi connectivity index (χ3n) is 3.06. The SMILES string of the molecule is CCOCC/C=C(\c1ccccc1)c1ccccc1Cl. The van der Waals surface area contributed by atoms with E-state index in [0.717, 1.165) is 35.8 Å². The van der Waals surface area contributed by atoms with Crippen LogP contribution in [-0.4, -0.2) is 13.2 Å². The van der Waals surface area contributed by atoms with Gasteiger partial charge in [0, 0.05) is 17.2 Å². The van der Waals surface area contributed by atoms with Crippen LogP contribution < -0.4 is 0 Å². The summed E-state index contributed by atoms with van der Waals surface area (Å²) in [6.07, 6.45) is 3.08. The average molecular weight is 287 g/mol. The van der Waals surface area contributed by atoms with Gasteiger partial charge in [-0.15, -0.1) is 0 Å². The molecule has 0 aliphatic carbocycles. The molecule has 0 bridgehead atoms. The van der Waals surface area contributed by atoms with Crippen LogP contribution in [0.1, 0.15) is 24.5 Å². The Hall–Kier alpha value is -1.57. The Morgan fingerprint density at radius 3 is 2.45 bits per heavy atom. The average Bonchev–Trinajstić information content (AvgIpc) is 2.49. The summed E-state index contributed by atoms with van der Waals surface area (Å²) in [5.74, 6) is 0. The molecule has 2 rings (SSSR count). The molecular weight excluding hydrogens is 268 g/mol. The Balaban J connectivity index is 2.32. The van der Waals surface area contributed by atoms with Crippen LogP contribution >= 0.6 is 11.6 Å². The van der Waals surface area contributed by atoms with E-state index in [0.29, 0.717) is 0 Å². The first-order valence-corrected chi connectivity index (χ1v) is 7.29. The summed E-state index contributed by atoms with van der Waals surface area (Å²) in [5.41, 5.74) is 3.41. The molecule has 0 N–H and O–H groups in total. The summed E-state index contributed by atoms with van der Waals surface area (Å²) >= 11 is 6.34. The molecule has 0 saturated heterocycles. The van der Waals surface area contributed by atoms with E-state index in [1.807, 2.05) is 43.3 Å². The Kier molecular flexibility index (Phi) is 5.85. The molecule has 0 fully saturated rings. The van der Waals surface area contributed by atoms with Gasteiger partial charge < -0.3 is 4.74 Å². The van der Waals surface area contributed by atoms with Crippen LogP contribution in [0.5, 0.6) is 0 Å². The lowest BCUT2D eigenvalue weighted by atomic mass is 9.97. The van der Waals surface area contributed by atoms with Crippen molar-refractivity contribution in [2.45, 2.75) is 13.3 Å². The van der Waals surface area contributed by atoms with Crippen LogP contribution in [-0.2, 0) is 4.74 Å². The van der Waals surface area contributed by atoms with Crippen molar-refractivity contribution in [3.8, 4) is 0 Å². The van der Waals surface area contributed by atoms with Gasteiger partial charge in [-0.05, 0) is 30.5 Å². The van der Waals surface area contributed by atoms with Crippen LogP contribution in [0, 0.1) is 0 Å². The monoisotopic (exact) mass is 286 g/mol. The van der Waals surface area contributed by atoms with E-state index in [-0.39, 0.29) is 0 Å². The van der Waals surface area contributed by atoms with Gasteiger partial charge in [0.15, 0.2) is 0 Å². The molecule has 0 heterocycles. The largest absolute Gasteiger partial charge is 0.381 e. The van der Waals surface area contributed by atoms with Crippen LogP contribution in [0.4, 0.5) is 0 Å². The number of halogens is 1. The zero-order valence-electron chi connectivity index (χ0n) is 11.7. The summed E-state index contributed by atoms with van der Waals surface area (Å²) in [7, 11) is 0. The fraction of sp³-hybridized carbons (Fsp3) is 0.222. The van der Waals surface area contributed by atoms with Gasteiger partial charge in [-0.3, -0.25) is 0 Å². The zero-order valence-corrected chi connectivity index (χ0v) is 12.4. The van der Waals surface area contributed by atoms with Gasteiger partial charge in [0.1, 0.15) is 0 Å². The van der Waals surface area contributed by atoms with Gasteiger partial charge in [0.25, 0.3) is 0 Å². The van der Waals surface area contributed by atoms with Crippen molar-refractivity contribution in [3.05, 3.63) is 76.8 Å². The summed E-state index contributed by atoms with van der Waals surface area (Å²) in [6.45, 7) is 3.49. The highest BCUT2D eigenvalue weighted by Crippen LogP contribution is 2.29. The van der Waals surface area contributed by atoms with E-state index < -0.39 is 0 Å². The molecule has 0 aromatic heterocycles. The minimum atomic E-state index is 0.733. The first kappa shape index (κ1) is 14.8. The highest BCUT2D eigenvalue weighted by Gasteiger charge is 2.07. The minimum absolute atomic E-state index is 0.733. The van der Waals surface area contributed by atoms with Crippen molar-refractivity contribution in [1.82, 2.24) is 0 Å². The Labute approximate surface area is 125 Å². The molecule has 0 saturated carbocycles. The van der Waals surface area contributed by atoms with Crippen LogP contribution in [0.3, 0.4) is 0 Å². The lowest BCUT2D eigenvalue weighted by molar-refractivity contribution is 0.152. The maximum atomic E-state index is 6.34. The molecule has 2 heteroatoms. The zero-order chi connectivity index (χ0) is 14.2. The van der Waals surface area contributed by atoms with Gasteiger partial charge in [-0.25, -0.2) is 0 Å². The normalized spacial score (nSPS) is 11.6. The fourth-order valence-electron chi connectivity index (χ4n) is 2.11. The third-order valence-corrected chi connectivity index (χ3v) is 3.39. The van der Waals surface area contributed by atoms with E-state index in [2.05, 4.69) is 24.3 Å². The standard InChI is InChI=1S/C18H19ClO/c1-2-20-14-8-12-16(15-9-4-3-5-10-15)17-11-6-7-13-18(17)19/h3-7,9-13H,2,8,14H2,1H3/b16-12+. The molecule has 0 radical (unpaired) electrons. The molecule has 0 aliphatic heterocycles. The quantitative estimate of drug-likeness (QED) is 0.663. The Morgan fingerprint density at radius 2 is 1.75 bits per heavy atom. The molecule has 0 unspecified atom stereocenters. The molecule has 1 nitrogen and oxygen atoms in total. The maximum Gasteiger partial charge on any atom is 0.0500 e. The number of hydrogen-bond acceptors (Lipinski definition) is 1. The number of rotatable bonds is 6. The van der Waals surface area contributed by atoms with Crippen LogP contribution in [0.2, 0.25) is 5.02 Å². The number of benzene rings is 2. The van der Waals surface area contributed by atoms with Crippen LogP contribution in [0.15, 0.2) is 60.7 Å². The predicted octanol–water partition coefficient (Wildman–Crippen LogP) is 5.20. The predicted molar refractivity (Wildman–Crippen MR) is 86.1 cm³/mol. The fourth-order valence-corrected chi connectivity index (χ4v) is 2.35. The third kappa shape index (κ3) is 3.96. The first-order valence-electron chi connectivity index (χ1n) is 6.91. The topological polar surface area (TPSA) is 9.23 Å². The highest BCUT2D eigenvalue weighted by molar-refractivity contribution is 6.32. The van der Waals surface area contributed by atoms with E-state index in [1.54, 1.807) is 0 Å². The second-order valence-corrected chi connectivity index (χ2v) is 4.86. The lowest BCUT2D eigenvalue weighted by Crippen LogP contribution is -1.94. The van der Waals surface area contributed by atoms with Gasteiger partial charge in [-0.1, -0.05) is 66.2 Å². The van der Waals surface area contributed by atoms with E-state index in [1.165, 1.54) is 5.56 Å². The molecule has 104 valence electrons. The number of hydrogen-bond donors (Lipinski definition) is 0. The molecular formula is C18H19ClO. The first-order chi connectivity index (χ1) is 9.83. The lowest BCUT2D eigenvalue weighted by Gasteiger charge is -2.10. The highest BCUT2D eigenvalue weighted by atomic mass is 35.5. The molecule has 2 aromatic carbocycles. The van der Waals surface area contributed by atoms with Crippen molar-refractivity contribution in [2.24, 2.45) is 0 Å². The van der Waals surface area contributed by atoms with Gasteiger partial charge in [-0.2, -0.15) is 0 Å². The summed E-state index contributed by atoms with van der Waals surface area (Å²) < 4.78 is 5.41. The Bertz CT molecular complexity index is 561. The van der Waals surface area contributed by atoms with E-state index in [4.69, 9.17) is 16.3 Å². The maximum absolute atomic E-state index is 6.34. The van der Waals surface area contributed by atoms with E-state index in [9.17, 15) is 0 Å². The van der Waals surface area contributed by atoms with Gasteiger partial charge in [0.2, 0.25) is 0 Å². The molecule has 0 atom stereocenters. The van der Waals surface area contributed by atoms with Gasteiger partial charge in [0.05, 0.1) is 6.61 Å². The molecule has 0 aliphatic rings. The second-order valence-electron chi connectivity index (χ2n) is 4.45.